The number of aliphatic imine (C=N–C) groups is 1. The molecule has 238 valence electrons. The van der Waals surface area contributed by atoms with E-state index >= 15 is 0 Å². The molecule has 0 aliphatic heterocycles. The van der Waals surface area contributed by atoms with Crippen LogP contribution in [0, 0.1) is 0 Å². The van der Waals surface area contributed by atoms with E-state index in [0.29, 0.717) is 5.89 Å². The Bertz CT molecular complexity index is 2040. The largest absolute Gasteiger partial charge is 0.436 e. The van der Waals surface area contributed by atoms with Crippen molar-refractivity contribution in [3.63, 3.8) is 0 Å². The number of oxazole rings is 1. The summed E-state index contributed by atoms with van der Waals surface area (Å²) >= 11 is 0. The molecule has 0 aliphatic rings. The van der Waals surface area contributed by atoms with E-state index in [0.717, 1.165) is 39.0 Å². The Balaban J connectivity index is 1.34. The first kappa shape index (κ1) is 32.2. The van der Waals surface area contributed by atoms with Gasteiger partial charge < -0.3 is 4.42 Å². The minimum Gasteiger partial charge on any atom is -0.436 e. The number of hydrogen-bond acceptors (Lipinski definition) is 3. The predicted molar refractivity (Wildman–Crippen MR) is 200 cm³/mol. The van der Waals surface area contributed by atoms with Crippen molar-refractivity contribution in [2.75, 3.05) is 0 Å². The molecule has 0 saturated heterocycles. The number of nitrogens with zero attached hydrogens (tertiary/aromatic N) is 2. The van der Waals surface area contributed by atoms with Crippen molar-refractivity contribution in [2.24, 2.45) is 4.99 Å². The van der Waals surface area contributed by atoms with Crippen molar-refractivity contribution in [1.82, 2.24) is 4.98 Å². The van der Waals surface area contributed by atoms with Crippen LogP contribution in [0.3, 0.4) is 0 Å². The summed E-state index contributed by atoms with van der Waals surface area (Å²) in [5.74, 6) is 0.564. The van der Waals surface area contributed by atoms with Gasteiger partial charge in [0.2, 0.25) is 5.89 Å². The Morgan fingerprint density at radius 1 is 0.532 bits per heavy atom. The van der Waals surface area contributed by atoms with Crippen molar-refractivity contribution in [3.05, 3.63) is 131 Å². The van der Waals surface area contributed by atoms with Gasteiger partial charge in [0, 0.05) is 11.8 Å². The molecule has 0 amide bonds. The highest BCUT2D eigenvalue weighted by Crippen LogP contribution is 2.37. The molecule has 0 aliphatic carbocycles. The van der Waals surface area contributed by atoms with Gasteiger partial charge in [-0.05, 0) is 85.5 Å². The van der Waals surface area contributed by atoms with Gasteiger partial charge in [-0.15, -0.1) is 0 Å². The standard InChI is InChI=1S/C44H46N2O/c1-42(2,3)33-15-12-14-32(26-33)30-20-22-31(23-21-30)36-17-13-19-39-40(36)46-41(47-39)37-16-10-11-18-38(37)45-28-29-24-34(43(4,5)6)27-35(25-29)44(7,8)9/h10-28H,1-9H3. The summed E-state index contributed by atoms with van der Waals surface area (Å²) in [5, 5.41) is 0. The van der Waals surface area contributed by atoms with Gasteiger partial charge in [-0.3, -0.25) is 4.99 Å². The zero-order chi connectivity index (χ0) is 33.6. The summed E-state index contributed by atoms with van der Waals surface area (Å²) in [6.45, 7) is 20.3. The lowest BCUT2D eigenvalue weighted by molar-refractivity contribution is 0.568. The molecule has 47 heavy (non-hydrogen) atoms. The van der Waals surface area contributed by atoms with Crippen LogP contribution in [0.1, 0.15) is 84.6 Å². The predicted octanol–water partition coefficient (Wildman–Crippen LogP) is 12.5. The summed E-state index contributed by atoms with van der Waals surface area (Å²) in [4.78, 5) is 10.0. The average molecular weight is 619 g/mol. The van der Waals surface area contributed by atoms with Gasteiger partial charge in [-0.1, -0.05) is 141 Å². The van der Waals surface area contributed by atoms with Gasteiger partial charge in [0.15, 0.2) is 5.58 Å². The van der Waals surface area contributed by atoms with E-state index in [9.17, 15) is 0 Å². The van der Waals surface area contributed by atoms with Crippen molar-refractivity contribution >= 4 is 23.0 Å². The van der Waals surface area contributed by atoms with Crippen LogP contribution in [0.2, 0.25) is 0 Å². The molecule has 1 heterocycles. The van der Waals surface area contributed by atoms with Crippen molar-refractivity contribution in [2.45, 2.75) is 78.6 Å². The second-order valence-electron chi connectivity index (χ2n) is 15.7. The molecule has 1 aromatic heterocycles. The summed E-state index contributed by atoms with van der Waals surface area (Å²) < 4.78 is 6.39. The monoisotopic (exact) mass is 618 g/mol. The third-order valence-electron chi connectivity index (χ3n) is 8.85. The quantitative estimate of drug-likeness (QED) is 0.180. The molecule has 0 fully saturated rings. The number of fused-ring (bicyclic) bond motifs is 1. The average Bonchev–Trinajstić information content (AvgIpc) is 3.47. The fourth-order valence-electron chi connectivity index (χ4n) is 5.81. The SMILES string of the molecule is CC(C)(C)c1cccc(-c2ccc(-c3cccc4oc(-c5ccccc5N=Cc5cc(C(C)(C)C)cc(C(C)(C)C)c5)nc34)cc2)c1. The van der Waals surface area contributed by atoms with Gasteiger partial charge in [-0.25, -0.2) is 4.98 Å². The summed E-state index contributed by atoms with van der Waals surface area (Å²) in [5.41, 5.74) is 13.1. The van der Waals surface area contributed by atoms with E-state index in [1.165, 1.54) is 27.8 Å². The number of para-hydroxylation sites is 2. The molecule has 0 N–H and O–H groups in total. The highest BCUT2D eigenvalue weighted by atomic mass is 16.3. The van der Waals surface area contributed by atoms with Gasteiger partial charge in [0.1, 0.15) is 5.52 Å². The second kappa shape index (κ2) is 12.1. The van der Waals surface area contributed by atoms with Crippen molar-refractivity contribution in [1.29, 1.82) is 0 Å². The van der Waals surface area contributed by atoms with Crippen LogP contribution in [0.15, 0.2) is 119 Å². The van der Waals surface area contributed by atoms with Gasteiger partial charge in [-0.2, -0.15) is 0 Å². The summed E-state index contributed by atoms with van der Waals surface area (Å²) in [7, 11) is 0. The maximum Gasteiger partial charge on any atom is 0.229 e. The molecule has 0 radical (unpaired) electrons. The molecule has 5 aromatic carbocycles. The van der Waals surface area contributed by atoms with E-state index in [2.05, 4.69) is 135 Å². The molecule has 0 unspecified atom stereocenters. The van der Waals surface area contributed by atoms with E-state index < -0.39 is 0 Å². The second-order valence-corrected chi connectivity index (χ2v) is 15.7. The van der Waals surface area contributed by atoms with Crippen molar-refractivity contribution < 1.29 is 4.42 Å². The number of benzene rings is 5. The fraction of sp³-hybridized carbons (Fsp3) is 0.273. The summed E-state index contributed by atoms with van der Waals surface area (Å²) in [6, 6.07) is 38.6. The van der Waals surface area contributed by atoms with Gasteiger partial charge in [0.25, 0.3) is 0 Å². The number of rotatable bonds is 5. The maximum atomic E-state index is 6.39. The van der Waals surface area contributed by atoms with Crippen LogP contribution in [0.5, 0.6) is 0 Å². The van der Waals surface area contributed by atoms with Crippen molar-refractivity contribution in [3.8, 4) is 33.7 Å². The molecule has 0 atom stereocenters. The molecule has 6 rings (SSSR count). The molecule has 6 aromatic rings. The molecular formula is C44H46N2O. The molecule has 0 spiro atoms. The van der Waals surface area contributed by atoms with Crippen LogP contribution in [0.25, 0.3) is 44.8 Å². The Kier molecular flexibility index (Phi) is 8.30. The van der Waals surface area contributed by atoms with E-state index in [1.54, 1.807) is 0 Å². The van der Waals surface area contributed by atoms with Crippen LogP contribution in [-0.2, 0) is 16.2 Å². The Labute approximate surface area is 280 Å². The highest BCUT2D eigenvalue weighted by molar-refractivity contribution is 5.93. The van der Waals surface area contributed by atoms with E-state index in [1.807, 2.05) is 42.6 Å². The van der Waals surface area contributed by atoms with Crippen LogP contribution in [-0.4, -0.2) is 11.2 Å². The Hall–Kier alpha value is -4.76. The maximum absolute atomic E-state index is 6.39. The first-order valence-corrected chi connectivity index (χ1v) is 16.6. The van der Waals surface area contributed by atoms with E-state index in [4.69, 9.17) is 14.4 Å². The first-order valence-electron chi connectivity index (χ1n) is 16.6. The number of hydrogen-bond donors (Lipinski definition) is 0. The molecule has 3 heteroatoms. The Morgan fingerprint density at radius 2 is 1.13 bits per heavy atom. The minimum absolute atomic E-state index is 0.0370. The molecule has 0 saturated carbocycles. The zero-order valence-corrected chi connectivity index (χ0v) is 29.3. The van der Waals surface area contributed by atoms with E-state index in [-0.39, 0.29) is 16.2 Å². The van der Waals surface area contributed by atoms with Crippen LogP contribution >= 0.6 is 0 Å². The molecule has 0 bridgehead atoms. The minimum atomic E-state index is 0.0370. The highest BCUT2D eigenvalue weighted by Gasteiger charge is 2.21. The van der Waals surface area contributed by atoms with Crippen LogP contribution in [0.4, 0.5) is 5.69 Å². The van der Waals surface area contributed by atoms with Crippen LogP contribution < -0.4 is 0 Å². The zero-order valence-electron chi connectivity index (χ0n) is 29.3. The smallest absolute Gasteiger partial charge is 0.229 e. The molecule has 3 nitrogen and oxygen atoms in total. The lowest BCUT2D eigenvalue weighted by Gasteiger charge is -2.25. The normalized spacial score (nSPS) is 12.7. The lowest BCUT2D eigenvalue weighted by Crippen LogP contribution is -2.17. The molecular weight excluding hydrogens is 572 g/mol. The topological polar surface area (TPSA) is 38.4 Å². The van der Waals surface area contributed by atoms with Gasteiger partial charge >= 0.3 is 0 Å². The Morgan fingerprint density at radius 3 is 1.79 bits per heavy atom. The third kappa shape index (κ3) is 7.00. The van der Waals surface area contributed by atoms with Gasteiger partial charge in [0.05, 0.1) is 11.3 Å². The number of aromatic nitrogens is 1. The summed E-state index contributed by atoms with van der Waals surface area (Å²) in [6.07, 6.45) is 1.97. The fourth-order valence-corrected chi connectivity index (χ4v) is 5.81. The third-order valence-corrected chi connectivity index (χ3v) is 8.85. The first-order chi connectivity index (χ1) is 22.2. The lowest BCUT2D eigenvalue weighted by atomic mass is 9.79.